The Balaban J connectivity index is 1.35. The number of hydrogen-bond donors (Lipinski definition) is 1. The predicted octanol–water partition coefficient (Wildman–Crippen LogP) is 4.35. The lowest BCUT2D eigenvalue weighted by molar-refractivity contribution is 0.248. The van der Waals surface area contributed by atoms with Crippen LogP contribution in [-0.4, -0.2) is 40.1 Å². The summed E-state index contributed by atoms with van der Waals surface area (Å²) in [4.78, 5) is 2.68. The molecule has 0 amide bonds. The summed E-state index contributed by atoms with van der Waals surface area (Å²) in [6.07, 6.45) is 5.24. The zero-order valence-corrected chi connectivity index (χ0v) is 19.3. The zero-order chi connectivity index (χ0) is 20.7. The molecule has 0 spiro atoms. The molecular weight excluding hydrogens is 452 g/mol. The summed E-state index contributed by atoms with van der Waals surface area (Å²) in [5.74, 6) is 0.351. The number of unbranched alkanes of at least 4 members (excludes halogenated alkanes) is 3. The number of benzene rings is 2. The molecule has 0 bridgehead atoms. The van der Waals surface area contributed by atoms with Gasteiger partial charge in [-0.15, -0.1) is 0 Å². The van der Waals surface area contributed by atoms with Crippen molar-refractivity contribution in [2.75, 3.05) is 26.7 Å². The van der Waals surface area contributed by atoms with Gasteiger partial charge >= 0.3 is 0 Å². The van der Waals surface area contributed by atoms with Gasteiger partial charge in [0.25, 0.3) is 0 Å². The molecule has 7 heteroatoms. The van der Waals surface area contributed by atoms with Gasteiger partial charge in [-0.05, 0) is 55.1 Å². The second-order valence-electron chi connectivity index (χ2n) is 7.40. The second-order valence-corrected chi connectivity index (χ2v) is 10.1. The van der Waals surface area contributed by atoms with Crippen molar-refractivity contribution in [3.8, 4) is 5.75 Å². The van der Waals surface area contributed by atoms with Crippen molar-refractivity contribution < 1.29 is 13.2 Å². The Morgan fingerprint density at radius 3 is 2.62 bits per heavy atom. The van der Waals surface area contributed by atoms with Crippen molar-refractivity contribution in [2.45, 2.75) is 43.5 Å². The molecule has 29 heavy (non-hydrogen) atoms. The summed E-state index contributed by atoms with van der Waals surface area (Å²) < 4.78 is 33.7. The van der Waals surface area contributed by atoms with E-state index in [1.807, 2.05) is 0 Å². The number of methoxy groups -OCH3 is 1. The van der Waals surface area contributed by atoms with Gasteiger partial charge in [-0.25, -0.2) is 13.1 Å². The molecule has 158 valence electrons. The molecule has 0 atom stereocenters. The maximum absolute atomic E-state index is 12.5. The molecule has 2 aromatic carbocycles. The van der Waals surface area contributed by atoms with Gasteiger partial charge in [0.15, 0.2) is 0 Å². The van der Waals surface area contributed by atoms with E-state index in [1.54, 1.807) is 18.2 Å². The van der Waals surface area contributed by atoms with Crippen LogP contribution in [0, 0.1) is 0 Å². The van der Waals surface area contributed by atoms with Crippen molar-refractivity contribution >= 4 is 26.0 Å². The van der Waals surface area contributed by atoms with Gasteiger partial charge < -0.3 is 4.74 Å². The van der Waals surface area contributed by atoms with Crippen LogP contribution in [0.4, 0.5) is 0 Å². The number of nitrogens with zero attached hydrogens (tertiary/aromatic N) is 1. The second kappa shape index (κ2) is 10.6. The molecule has 0 aliphatic carbocycles. The third-order valence-corrected chi connectivity index (χ3v) is 7.29. The first-order valence-corrected chi connectivity index (χ1v) is 12.4. The van der Waals surface area contributed by atoms with Gasteiger partial charge in [0.05, 0.1) is 7.11 Å². The minimum atomic E-state index is -3.58. The van der Waals surface area contributed by atoms with E-state index in [0.717, 1.165) is 51.7 Å². The Hall–Kier alpha value is -1.41. The summed E-state index contributed by atoms with van der Waals surface area (Å²) in [5.41, 5.74) is 2.94. The number of hydrogen-bond acceptors (Lipinski definition) is 4. The topological polar surface area (TPSA) is 58.6 Å². The van der Waals surface area contributed by atoms with Crippen LogP contribution in [0.5, 0.6) is 5.75 Å². The van der Waals surface area contributed by atoms with Crippen molar-refractivity contribution in [1.29, 1.82) is 0 Å². The Kier molecular flexibility index (Phi) is 8.12. The summed E-state index contributed by atoms with van der Waals surface area (Å²) in [6.45, 7) is 3.72. The van der Waals surface area contributed by atoms with Crippen LogP contribution in [0.25, 0.3) is 0 Å². The molecule has 1 aliphatic rings. The van der Waals surface area contributed by atoms with E-state index in [9.17, 15) is 8.42 Å². The number of fused-ring (bicyclic) bond motifs is 1. The average molecular weight is 481 g/mol. The van der Waals surface area contributed by atoms with Crippen LogP contribution < -0.4 is 9.46 Å². The van der Waals surface area contributed by atoms with Crippen LogP contribution >= 0.6 is 15.9 Å². The summed E-state index contributed by atoms with van der Waals surface area (Å²) >= 11 is 3.32. The quantitative estimate of drug-likeness (QED) is 0.513. The minimum absolute atomic E-state index is 0.166. The van der Waals surface area contributed by atoms with Crippen LogP contribution in [0.3, 0.4) is 0 Å². The molecule has 3 rings (SSSR count). The molecule has 0 unspecified atom stereocenters. The number of ether oxygens (including phenoxy) is 1. The van der Waals surface area contributed by atoms with E-state index in [0.29, 0.717) is 16.8 Å². The monoisotopic (exact) mass is 480 g/mol. The Morgan fingerprint density at radius 1 is 1.07 bits per heavy atom. The van der Waals surface area contributed by atoms with E-state index in [2.05, 4.69) is 49.8 Å². The van der Waals surface area contributed by atoms with Crippen LogP contribution in [0.2, 0.25) is 0 Å². The van der Waals surface area contributed by atoms with E-state index < -0.39 is 10.0 Å². The standard InChI is InChI=1S/C22H29BrN2O3S/c1-28-21-11-10-20(23)16-22(21)29(26,27)24-13-6-2-3-7-14-25-15-12-18-8-4-5-9-19(18)17-25/h4-5,8-11,16,24H,2-3,6-7,12-15,17H2,1H3. The maximum Gasteiger partial charge on any atom is 0.244 e. The van der Waals surface area contributed by atoms with Crippen molar-refractivity contribution in [2.24, 2.45) is 0 Å². The molecule has 5 nitrogen and oxygen atoms in total. The highest BCUT2D eigenvalue weighted by Crippen LogP contribution is 2.27. The van der Waals surface area contributed by atoms with E-state index in [1.165, 1.54) is 18.2 Å². The summed E-state index contributed by atoms with van der Waals surface area (Å²) in [6, 6.07) is 13.7. The third kappa shape index (κ3) is 6.28. The number of rotatable bonds is 10. The highest BCUT2D eigenvalue weighted by atomic mass is 79.9. The van der Waals surface area contributed by atoms with Crippen LogP contribution in [0.1, 0.15) is 36.8 Å². The molecule has 0 saturated carbocycles. The van der Waals surface area contributed by atoms with Gasteiger partial charge in [0.2, 0.25) is 10.0 Å². The molecule has 2 aromatic rings. The molecule has 1 aliphatic heterocycles. The van der Waals surface area contributed by atoms with Gasteiger partial charge in [-0.1, -0.05) is 53.0 Å². The molecule has 0 fully saturated rings. The van der Waals surface area contributed by atoms with E-state index >= 15 is 0 Å². The van der Waals surface area contributed by atoms with Crippen molar-refractivity contribution in [3.63, 3.8) is 0 Å². The maximum atomic E-state index is 12.5. The van der Waals surface area contributed by atoms with Gasteiger partial charge in [-0.3, -0.25) is 4.90 Å². The fourth-order valence-electron chi connectivity index (χ4n) is 3.70. The van der Waals surface area contributed by atoms with Crippen LogP contribution in [-0.2, 0) is 23.0 Å². The fraction of sp³-hybridized carbons (Fsp3) is 0.455. The Morgan fingerprint density at radius 2 is 1.83 bits per heavy atom. The highest BCUT2D eigenvalue weighted by Gasteiger charge is 2.19. The lowest BCUT2D eigenvalue weighted by Crippen LogP contribution is -2.31. The zero-order valence-electron chi connectivity index (χ0n) is 16.9. The normalized spacial score (nSPS) is 14.6. The smallest absolute Gasteiger partial charge is 0.244 e. The molecule has 0 radical (unpaired) electrons. The third-order valence-electron chi connectivity index (χ3n) is 5.32. The van der Waals surface area contributed by atoms with E-state index in [4.69, 9.17) is 4.74 Å². The first-order chi connectivity index (χ1) is 14.0. The Bertz CT molecular complexity index is 918. The largest absolute Gasteiger partial charge is 0.495 e. The lowest BCUT2D eigenvalue weighted by atomic mass is 10.00. The number of nitrogens with one attached hydrogen (secondary N) is 1. The van der Waals surface area contributed by atoms with Gasteiger partial charge in [-0.2, -0.15) is 0 Å². The first-order valence-electron chi connectivity index (χ1n) is 10.1. The molecule has 1 N–H and O–H groups in total. The SMILES string of the molecule is COc1ccc(Br)cc1S(=O)(=O)NCCCCCCN1CCc2ccccc2C1. The number of sulfonamides is 1. The highest BCUT2D eigenvalue weighted by molar-refractivity contribution is 9.10. The fourth-order valence-corrected chi connectivity index (χ4v) is 5.48. The first kappa shape index (κ1) is 22.3. The van der Waals surface area contributed by atoms with E-state index in [-0.39, 0.29) is 4.90 Å². The van der Waals surface area contributed by atoms with Crippen LogP contribution in [0.15, 0.2) is 51.8 Å². The van der Waals surface area contributed by atoms with Gasteiger partial charge in [0.1, 0.15) is 10.6 Å². The summed E-state index contributed by atoms with van der Waals surface area (Å²) in [5, 5.41) is 0. The van der Waals surface area contributed by atoms with Gasteiger partial charge in [0, 0.05) is 24.1 Å². The van der Waals surface area contributed by atoms with Crippen molar-refractivity contribution in [1.82, 2.24) is 9.62 Å². The molecule has 0 aromatic heterocycles. The average Bonchev–Trinajstić information content (AvgIpc) is 2.73. The molecular formula is C22H29BrN2O3S. The molecule has 0 saturated heterocycles. The Labute approximate surface area is 182 Å². The summed E-state index contributed by atoms with van der Waals surface area (Å²) in [7, 11) is -2.10. The number of halogens is 1. The van der Waals surface area contributed by atoms with Crippen molar-refractivity contribution in [3.05, 3.63) is 58.1 Å². The predicted molar refractivity (Wildman–Crippen MR) is 120 cm³/mol. The lowest BCUT2D eigenvalue weighted by Gasteiger charge is -2.28. The minimum Gasteiger partial charge on any atom is -0.495 e. The molecule has 1 heterocycles.